The lowest BCUT2D eigenvalue weighted by atomic mass is 9.60. The highest BCUT2D eigenvalue weighted by Gasteiger charge is 2.47. The zero-order chi connectivity index (χ0) is 17.9. The van der Waals surface area contributed by atoms with Gasteiger partial charge in [0.25, 0.3) is 0 Å². The van der Waals surface area contributed by atoms with E-state index in [1.807, 2.05) is 13.8 Å². The van der Waals surface area contributed by atoms with Crippen LogP contribution >= 0.6 is 0 Å². The van der Waals surface area contributed by atoms with Crippen LogP contribution in [0, 0.1) is 29.6 Å². The number of carbonyl (C=O) groups excluding carboxylic acids is 3. The van der Waals surface area contributed by atoms with Gasteiger partial charge in [0.15, 0.2) is 0 Å². The molecule has 1 N–H and O–H groups in total. The second kappa shape index (κ2) is 8.34. The van der Waals surface area contributed by atoms with Crippen LogP contribution < -0.4 is 0 Å². The molecule has 2 fully saturated rings. The maximum absolute atomic E-state index is 12.7. The van der Waals surface area contributed by atoms with E-state index in [0.717, 1.165) is 12.8 Å². The first-order valence-corrected chi connectivity index (χ1v) is 9.10. The molecule has 6 atom stereocenters. The van der Waals surface area contributed by atoms with Gasteiger partial charge in [-0.2, -0.15) is 0 Å². The Balaban J connectivity index is 1.94. The van der Waals surface area contributed by atoms with Crippen LogP contribution in [0.25, 0.3) is 0 Å². The summed E-state index contributed by atoms with van der Waals surface area (Å²) >= 11 is 0. The van der Waals surface area contributed by atoms with E-state index in [1.54, 1.807) is 7.11 Å². The Hall–Kier alpha value is -1.07. The molecule has 2 aliphatic carbocycles. The summed E-state index contributed by atoms with van der Waals surface area (Å²) in [5.41, 5.74) is 0. The van der Waals surface area contributed by atoms with Gasteiger partial charge in [-0.15, -0.1) is 0 Å². The van der Waals surface area contributed by atoms with Crippen LogP contribution in [0.2, 0.25) is 0 Å². The highest BCUT2D eigenvalue weighted by Crippen LogP contribution is 2.45. The maximum Gasteiger partial charge on any atom is 0.139 e. The number of Topliss-reactive ketones (excluding diaryl/α,β-unsaturated/α-hetero) is 3. The summed E-state index contributed by atoms with van der Waals surface area (Å²) in [6.45, 7) is 4.20. The Morgan fingerprint density at radius 3 is 2.62 bits per heavy atom. The van der Waals surface area contributed by atoms with Crippen LogP contribution in [0.5, 0.6) is 0 Å². The van der Waals surface area contributed by atoms with Crippen LogP contribution in [-0.4, -0.2) is 42.3 Å². The van der Waals surface area contributed by atoms with Crippen molar-refractivity contribution in [1.29, 1.82) is 0 Å². The van der Waals surface area contributed by atoms with E-state index in [1.165, 1.54) is 0 Å². The van der Waals surface area contributed by atoms with Gasteiger partial charge >= 0.3 is 0 Å². The van der Waals surface area contributed by atoms with Crippen molar-refractivity contribution in [3.63, 3.8) is 0 Å². The number of aliphatic hydroxyl groups excluding tert-OH is 1. The minimum absolute atomic E-state index is 0.0147. The third kappa shape index (κ3) is 4.31. The fourth-order valence-corrected chi connectivity index (χ4v) is 4.38. The third-order valence-corrected chi connectivity index (χ3v) is 6.03. The number of carbonyl (C=O) groups is 3. The van der Waals surface area contributed by atoms with Gasteiger partial charge < -0.3 is 9.84 Å². The van der Waals surface area contributed by atoms with Crippen molar-refractivity contribution in [3.05, 3.63) is 0 Å². The molecule has 0 amide bonds. The molecule has 5 nitrogen and oxygen atoms in total. The molecule has 5 heteroatoms. The number of hydrogen-bond donors (Lipinski definition) is 1. The first kappa shape index (κ1) is 19.3. The SMILES string of the molecule is COCCC(=O)CCC(O)C1CC2CC(C)C(=O)CC2C(=O)C1C. The van der Waals surface area contributed by atoms with Crippen molar-refractivity contribution in [1.82, 2.24) is 0 Å². The van der Waals surface area contributed by atoms with Gasteiger partial charge in [0, 0.05) is 44.1 Å². The fraction of sp³-hybridized carbons (Fsp3) is 0.842. The molecular weight excluding hydrogens is 308 g/mol. The van der Waals surface area contributed by atoms with E-state index in [2.05, 4.69) is 0 Å². The molecule has 2 aliphatic rings. The second-order valence-corrected chi connectivity index (χ2v) is 7.65. The largest absolute Gasteiger partial charge is 0.393 e. The maximum atomic E-state index is 12.7. The molecule has 0 radical (unpaired) electrons. The van der Waals surface area contributed by atoms with Gasteiger partial charge in [0.2, 0.25) is 0 Å². The normalized spacial score (nSPS) is 34.8. The highest BCUT2D eigenvalue weighted by atomic mass is 16.5. The number of ether oxygens (including phenoxy) is 1. The Morgan fingerprint density at radius 1 is 1.25 bits per heavy atom. The van der Waals surface area contributed by atoms with Crippen LogP contribution in [0.1, 0.15) is 52.4 Å². The summed E-state index contributed by atoms with van der Waals surface area (Å²) in [4.78, 5) is 36.3. The Labute approximate surface area is 144 Å². The van der Waals surface area contributed by atoms with Crippen molar-refractivity contribution in [2.24, 2.45) is 29.6 Å². The Kier molecular flexibility index (Phi) is 6.70. The van der Waals surface area contributed by atoms with Crippen LogP contribution in [0.3, 0.4) is 0 Å². The zero-order valence-electron chi connectivity index (χ0n) is 15.0. The predicted octanol–water partition coefficient (Wildman–Crippen LogP) is 2.19. The van der Waals surface area contributed by atoms with Gasteiger partial charge in [-0.3, -0.25) is 14.4 Å². The van der Waals surface area contributed by atoms with Crippen molar-refractivity contribution in [3.8, 4) is 0 Å². The van der Waals surface area contributed by atoms with E-state index in [-0.39, 0.29) is 46.9 Å². The number of methoxy groups -OCH3 is 1. The van der Waals surface area contributed by atoms with Gasteiger partial charge in [-0.05, 0) is 31.1 Å². The van der Waals surface area contributed by atoms with Gasteiger partial charge in [0.05, 0.1) is 12.7 Å². The van der Waals surface area contributed by atoms with E-state index in [4.69, 9.17) is 4.74 Å². The van der Waals surface area contributed by atoms with E-state index >= 15 is 0 Å². The van der Waals surface area contributed by atoms with Gasteiger partial charge in [-0.25, -0.2) is 0 Å². The van der Waals surface area contributed by atoms with Gasteiger partial charge in [-0.1, -0.05) is 13.8 Å². The molecule has 0 aliphatic heterocycles. The molecule has 0 bridgehead atoms. The molecule has 24 heavy (non-hydrogen) atoms. The van der Waals surface area contributed by atoms with Crippen LogP contribution in [0.4, 0.5) is 0 Å². The minimum Gasteiger partial charge on any atom is -0.393 e. The molecule has 136 valence electrons. The predicted molar refractivity (Wildman–Crippen MR) is 89.4 cm³/mol. The minimum atomic E-state index is -0.635. The molecule has 2 rings (SSSR count). The number of rotatable bonds is 7. The summed E-state index contributed by atoms with van der Waals surface area (Å²) in [5, 5.41) is 10.5. The molecule has 0 heterocycles. The zero-order valence-corrected chi connectivity index (χ0v) is 15.0. The lowest BCUT2D eigenvalue weighted by Crippen LogP contribution is -2.47. The molecule has 0 spiro atoms. The molecule has 0 aromatic heterocycles. The van der Waals surface area contributed by atoms with E-state index in [0.29, 0.717) is 32.3 Å². The lowest BCUT2D eigenvalue weighted by molar-refractivity contribution is -0.145. The lowest BCUT2D eigenvalue weighted by Gasteiger charge is -2.44. The number of aliphatic hydroxyl groups is 1. The van der Waals surface area contributed by atoms with Crippen molar-refractivity contribution >= 4 is 17.3 Å². The first-order chi connectivity index (χ1) is 11.3. The molecule has 0 aromatic rings. The van der Waals surface area contributed by atoms with Crippen LogP contribution in [-0.2, 0) is 19.1 Å². The monoisotopic (exact) mass is 338 g/mol. The Bertz CT molecular complexity index is 486. The third-order valence-electron chi connectivity index (χ3n) is 6.03. The topological polar surface area (TPSA) is 80.7 Å². The van der Waals surface area contributed by atoms with Crippen LogP contribution in [0.15, 0.2) is 0 Å². The van der Waals surface area contributed by atoms with Crippen molar-refractivity contribution < 1.29 is 24.2 Å². The average molecular weight is 338 g/mol. The number of ketones is 3. The molecule has 0 saturated heterocycles. The van der Waals surface area contributed by atoms with Crippen molar-refractivity contribution in [2.75, 3.05) is 13.7 Å². The second-order valence-electron chi connectivity index (χ2n) is 7.65. The molecule has 2 saturated carbocycles. The van der Waals surface area contributed by atoms with E-state index in [9.17, 15) is 19.5 Å². The smallest absolute Gasteiger partial charge is 0.139 e. The summed E-state index contributed by atoms with van der Waals surface area (Å²) in [6, 6.07) is 0. The van der Waals surface area contributed by atoms with Crippen molar-refractivity contribution in [2.45, 2.75) is 58.5 Å². The number of fused-ring (bicyclic) bond motifs is 1. The Morgan fingerprint density at radius 2 is 1.96 bits per heavy atom. The van der Waals surface area contributed by atoms with Gasteiger partial charge in [0.1, 0.15) is 17.3 Å². The summed E-state index contributed by atoms with van der Waals surface area (Å²) in [7, 11) is 1.56. The molecule has 0 aromatic carbocycles. The van der Waals surface area contributed by atoms with E-state index < -0.39 is 6.10 Å². The summed E-state index contributed by atoms with van der Waals surface area (Å²) in [5.74, 6) is 0.119. The standard InChI is InChI=1S/C19H30O5/c1-11-8-13-9-15(12(2)19(23)16(13)10-18(11)22)17(21)5-4-14(20)6-7-24-3/h11-13,15-17,21H,4-10H2,1-3H3. The molecule has 6 unspecified atom stereocenters. The summed E-state index contributed by atoms with van der Waals surface area (Å²) in [6.07, 6.45) is 2.35. The highest BCUT2D eigenvalue weighted by molar-refractivity contribution is 5.92. The summed E-state index contributed by atoms with van der Waals surface area (Å²) < 4.78 is 4.89. The number of hydrogen-bond acceptors (Lipinski definition) is 5. The molecular formula is C19H30O5. The average Bonchev–Trinajstić information content (AvgIpc) is 2.56. The first-order valence-electron chi connectivity index (χ1n) is 9.10. The fourth-order valence-electron chi connectivity index (χ4n) is 4.38. The quantitative estimate of drug-likeness (QED) is 0.769.